The lowest BCUT2D eigenvalue weighted by atomic mass is 9.91. The van der Waals surface area contributed by atoms with Crippen molar-refractivity contribution in [2.75, 3.05) is 24.6 Å². The van der Waals surface area contributed by atoms with Crippen LogP contribution >= 0.6 is 11.8 Å². The topological polar surface area (TPSA) is 134 Å². The molecule has 2 aliphatic heterocycles. The summed E-state index contributed by atoms with van der Waals surface area (Å²) >= 11 is 0.619. The number of hydrogen-bond donors (Lipinski definition) is 3. The first-order valence-corrected chi connectivity index (χ1v) is 13.9. The normalized spacial score (nSPS) is 18.2. The number of nitrogens with one attached hydrogen (secondary N) is 2. The number of amides is 2. The van der Waals surface area contributed by atoms with Crippen molar-refractivity contribution in [3.05, 3.63) is 63.1 Å². The molecule has 1 spiro atoms. The molecule has 212 valence electrons. The average molecular weight is 573 g/mol. The van der Waals surface area contributed by atoms with Gasteiger partial charge in [-0.3, -0.25) is 34.9 Å². The predicted octanol–water partition coefficient (Wildman–Crippen LogP) is 3.03. The summed E-state index contributed by atoms with van der Waals surface area (Å²) in [5.41, 5.74) is -2.00. The van der Waals surface area contributed by atoms with Crippen molar-refractivity contribution in [2.45, 2.75) is 57.7 Å². The molecule has 40 heavy (non-hydrogen) atoms. The van der Waals surface area contributed by atoms with E-state index in [9.17, 15) is 28.3 Å². The third-order valence-corrected chi connectivity index (χ3v) is 8.64. The minimum absolute atomic E-state index is 0.0288. The zero-order valence-corrected chi connectivity index (χ0v) is 23.0. The molecule has 2 fully saturated rings. The molecule has 0 atom stereocenters. The molecule has 1 saturated carbocycles. The van der Waals surface area contributed by atoms with Crippen LogP contribution in [0.1, 0.15) is 61.1 Å². The van der Waals surface area contributed by atoms with Crippen LogP contribution < -0.4 is 10.4 Å². The molecule has 13 heteroatoms. The number of likely N-dealkylation sites (tertiary alicyclic amines) is 1. The molecule has 1 aromatic carbocycles. The maximum absolute atomic E-state index is 14.1. The zero-order chi connectivity index (χ0) is 28.9. The van der Waals surface area contributed by atoms with Crippen LogP contribution in [0.4, 0.5) is 8.78 Å². The number of rotatable bonds is 5. The summed E-state index contributed by atoms with van der Waals surface area (Å²) in [7, 11) is 0. The van der Waals surface area contributed by atoms with Gasteiger partial charge in [-0.25, -0.2) is 8.78 Å². The summed E-state index contributed by atoms with van der Waals surface area (Å²) in [6, 6.07) is 3.04. The van der Waals surface area contributed by atoms with E-state index in [1.807, 2.05) is 11.9 Å². The van der Waals surface area contributed by atoms with Crippen LogP contribution in [-0.4, -0.2) is 72.8 Å². The van der Waals surface area contributed by atoms with Gasteiger partial charge < -0.3 is 14.9 Å². The fourth-order valence-electron chi connectivity index (χ4n) is 5.76. The molecule has 3 heterocycles. The van der Waals surface area contributed by atoms with Gasteiger partial charge in [0.05, 0.1) is 10.6 Å². The maximum atomic E-state index is 14.1. The van der Waals surface area contributed by atoms with E-state index in [0.29, 0.717) is 50.3 Å². The molecule has 2 amide bonds. The first kappa shape index (κ1) is 27.8. The van der Waals surface area contributed by atoms with E-state index in [4.69, 9.17) is 10.8 Å². The van der Waals surface area contributed by atoms with Gasteiger partial charge in [-0.1, -0.05) is 17.8 Å². The van der Waals surface area contributed by atoms with Gasteiger partial charge in [-0.2, -0.15) is 0 Å². The molecule has 2 aromatic rings. The summed E-state index contributed by atoms with van der Waals surface area (Å²) in [5, 5.41) is 29.4. The largest absolute Gasteiger partial charge is 0.502 e. The summed E-state index contributed by atoms with van der Waals surface area (Å²) in [6.45, 7) is 4.57. The monoisotopic (exact) mass is 572 g/mol. The van der Waals surface area contributed by atoms with Crippen LogP contribution in [0.15, 0.2) is 29.2 Å². The second kappa shape index (κ2) is 10.3. The third-order valence-electron chi connectivity index (χ3n) is 7.83. The molecule has 10 nitrogen and oxygen atoms in total. The zero-order valence-electron chi connectivity index (χ0n) is 22.2. The third kappa shape index (κ3) is 4.65. The Morgan fingerprint density at radius 1 is 1.18 bits per heavy atom. The van der Waals surface area contributed by atoms with Crippen molar-refractivity contribution in [1.29, 1.82) is 10.8 Å². The first-order chi connectivity index (χ1) is 19.0. The Balaban J connectivity index is 1.51. The molecule has 1 saturated heterocycles. The summed E-state index contributed by atoms with van der Waals surface area (Å²) in [6.07, 6.45) is 3.79. The fourth-order valence-corrected chi connectivity index (χ4v) is 6.49. The van der Waals surface area contributed by atoms with Crippen LogP contribution in [0.3, 0.4) is 0 Å². The number of aromatic hydroxyl groups is 1. The van der Waals surface area contributed by atoms with Gasteiger partial charge in [0, 0.05) is 64.1 Å². The van der Waals surface area contributed by atoms with Crippen LogP contribution in [0.25, 0.3) is 0 Å². The Morgan fingerprint density at radius 3 is 2.42 bits per heavy atom. The fraction of sp³-hybridized carbons (Fsp3) is 0.444. The Labute approximate surface area is 233 Å². The Hall–Kier alpha value is -3.74. The van der Waals surface area contributed by atoms with E-state index < -0.39 is 34.4 Å². The number of nitrogens with zero attached hydrogens (tertiary/aromatic N) is 4. The average Bonchev–Trinajstić information content (AvgIpc) is 3.73. The summed E-state index contributed by atoms with van der Waals surface area (Å²) < 4.78 is 28.8. The van der Waals surface area contributed by atoms with Gasteiger partial charge in [-0.15, -0.1) is 0 Å². The lowest BCUT2D eigenvalue weighted by Gasteiger charge is -2.58. The van der Waals surface area contributed by atoms with Gasteiger partial charge in [0.15, 0.2) is 11.4 Å². The van der Waals surface area contributed by atoms with Gasteiger partial charge in [0.1, 0.15) is 22.3 Å². The summed E-state index contributed by atoms with van der Waals surface area (Å²) in [5.74, 6) is -2.88. The first-order valence-electron chi connectivity index (χ1n) is 13.1. The van der Waals surface area contributed by atoms with Crippen LogP contribution in [0, 0.1) is 22.5 Å². The number of pyridine rings is 1. The number of thioether (sulfide) groups is 1. The predicted molar refractivity (Wildman–Crippen MR) is 147 cm³/mol. The molecule has 0 unspecified atom stereocenters. The highest BCUT2D eigenvalue weighted by atomic mass is 32.2. The van der Waals surface area contributed by atoms with E-state index >= 15 is 0 Å². The number of benzene rings is 1. The van der Waals surface area contributed by atoms with Gasteiger partial charge in [0.25, 0.3) is 5.91 Å². The molecule has 5 rings (SSSR count). The standard InChI is InChI=1S/C27H30F2N6O4S/c1-3-33-26(39)22-24(38)23(37)19(25(31)40-21(30)12-16-4-5-17(28)13-20(16)29)14-34(22)35(18-6-7-18)27(33)8-10-32(11-9-27)15(2)36/h4-5,13-14,18,30-31,38H,3,6-12H2,1-2H3. The lowest BCUT2D eigenvalue weighted by molar-refractivity contribution is -0.131. The Kier molecular flexibility index (Phi) is 7.19. The molecule has 3 aliphatic rings. The van der Waals surface area contributed by atoms with Crippen molar-refractivity contribution >= 4 is 33.7 Å². The van der Waals surface area contributed by atoms with Gasteiger partial charge in [0.2, 0.25) is 11.3 Å². The van der Waals surface area contributed by atoms with Crippen molar-refractivity contribution in [2.24, 2.45) is 0 Å². The molecule has 0 radical (unpaired) electrons. The highest BCUT2D eigenvalue weighted by Crippen LogP contribution is 2.44. The Bertz CT molecular complexity index is 1480. The highest BCUT2D eigenvalue weighted by Gasteiger charge is 2.56. The lowest BCUT2D eigenvalue weighted by Crippen LogP contribution is -2.73. The van der Waals surface area contributed by atoms with Crippen molar-refractivity contribution in [3.63, 3.8) is 0 Å². The van der Waals surface area contributed by atoms with E-state index in [1.165, 1.54) is 23.9 Å². The minimum atomic E-state index is -0.910. The molecular weight excluding hydrogens is 542 g/mol. The number of hydrogen-bond acceptors (Lipinski definition) is 8. The van der Waals surface area contributed by atoms with E-state index in [-0.39, 0.29) is 45.3 Å². The van der Waals surface area contributed by atoms with Crippen molar-refractivity contribution in [3.8, 4) is 5.75 Å². The number of carbonyl (C=O) groups is 2. The molecule has 0 bridgehead atoms. The molecule has 1 aliphatic carbocycles. The van der Waals surface area contributed by atoms with Gasteiger partial charge >= 0.3 is 0 Å². The quantitative estimate of drug-likeness (QED) is 0.373. The minimum Gasteiger partial charge on any atom is -0.502 e. The van der Waals surface area contributed by atoms with E-state index in [2.05, 4.69) is 0 Å². The number of aromatic nitrogens is 1. The number of fused-ring (bicyclic) bond motifs is 1. The van der Waals surface area contributed by atoms with E-state index in [1.54, 1.807) is 9.80 Å². The molecule has 3 N–H and O–H groups in total. The smallest absolute Gasteiger partial charge is 0.278 e. The number of piperidine rings is 1. The Morgan fingerprint density at radius 2 is 1.85 bits per heavy atom. The van der Waals surface area contributed by atoms with Crippen LogP contribution in [-0.2, 0) is 11.2 Å². The highest BCUT2D eigenvalue weighted by molar-refractivity contribution is 8.26. The number of carbonyl (C=O) groups excluding carboxylic acids is 2. The van der Waals surface area contributed by atoms with Crippen molar-refractivity contribution in [1.82, 2.24) is 14.5 Å². The summed E-state index contributed by atoms with van der Waals surface area (Å²) in [4.78, 5) is 42.4. The van der Waals surface area contributed by atoms with Crippen LogP contribution in [0.5, 0.6) is 5.75 Å². The maximum Gasteiger partial charge on any atom is 0.278 e. The SMILES string of the molecule is CCN1C(=O)c2c(O)c(=O)c(C(=N)SC(=N)Cc3ccc(F)cc3F)cn2N(C2CC2)C12CCN(C(C)=O)CC2. The number of halogens is 2. The second-order valence-electron chi connectivity index (χ2n) is 10.3. The van der Waals surface area contributed by atoms with E-state index in [0.717, 1.165) is 18.9 Å². The van der Waals surface area contributed by atoms with Gasteiger partial charge in [-0.05, 0) is 31.4 Å². The van der Waals surface area contributed by atoms with Crippen molar-refractivity contribution < 1.29 is 23.5 Å². The molecule has 1 aromatic heterocycles. The second-order valence-corrected chi connectivity index (χ2v) is 11.4. The van der Waals surface area contributed by atoms with Crippen LogP contribution in [0.2, 0.25) is 0 Å². The molecular formula is C27H30F2N6O4S.